The Labute approximate surface area is 84.9 Å². The first-order valence-electron chi connectivity index (χ1n) is 5.46. The van der Waals surface area contributed by atoms with Crippen molar-refractivity contribution < 1.29 is 0 Å². The highest BCUT2D eigenvalue weighted by Gasteiger charge is 2.32. The van der Waals surface area contributed by atoms with Gasteiger partial charge in [0.15, 0.2) is 0 Å². The molecule has 1 fully saturated rings. The quantitative estimate of drug-likeness (QED) is 0.728. The lowest BCUT2D eigenvalue weighted by Gasteiger charge is -2.33. The number of nitrogens with zero attached hydrogens (tertiary/aromatic N) is 1. The molecule has 1 aromatic carbocycles. The second kappa shape index (κ2) is 2.91. The van der Waals surface area contributed by atoms with Gasteiger partial charge in [-0.2, -0.15) is 0 Å². The fourth-order valence-electron chi connectivity index (χ4n) is 2.36. The predicted octanol–water partition coefficient (Wildman–Crippen LogP) is 2.39. The van der Waals surface area contributed by atoms with Crippen molar-refractivity contribution in [2.75, 3.05) is 23.3 Å². The standard InChI is InChI=1S/C12H16N2/c1-9-3-2-4-11-12(9)14(8-7-13-11)10-5-6-10/h2-4,10,13H,5-8H2,1H3. The molecular formula is C12H16N2. The van der Waals surface area contributed by atoms with E-state index in [0.717, 1.165) is 12.6 Å². The Bertz CT molecular complexity index is 355. The zero-order chi connectivity index (χ0) is 9.54. The van der Waals surface area contributed by atoms with E-state index in [2.05, 4.69) is 35.3 Å². The summed E-state index contributed by atoms with van der Waals surface area (Å²) in [6, 6.07) is 7.37. The van der Waals surface area contributed by atoms with Crippen LogP contribution in [0.1, 0.15) is 18.4 Å². The number of aryl methyl sites for hydroxylation is 1. The van der Waals surface area contributed by atoms with E-state index in [1.807, 2.05) is 0 Å². The summed E-state index contributed by atoms with van der Waals surface area (Å²) in [6.07, 6.45) is 2.77. The SMILES string of the molecule is Cc1cccc2c1N(C1CC1)CCN2. The minimum atomic E-state index is 0.831. The first-order chi connectivity index (χ1) is 6.86. The van der Waals surface area contributed by atoms with Crippen LogP contribution in [0, 0.1) is 6.92 Å². The van der Waals surface area contributed by atoms with Gasteiger partial charge < -0.3 is 10.2 Å². The van der Waals surface area contributed by atoms with Crippen molar-refractivity contribution in [3.63, 3.8) is 0 Å². The van der Waals surface area contributed by atoms with Gasteiger partial charge in [-0.1, -0.05) is 12.1 Å². The van der Waals surface area contributed by atoms with E-state index in [0.29, 0.717) is 0 Å². The van der Waals surface area contributed by atoms with Crippen LogP contribution in [0.5, 0.6) is 0 Å². The van der Waals surface area contributed by atoms with Crippen molar-refractivity contribution in [2.45, 2.75) is 25.8 Å². The number of para-hydroxylation sites is 1. The number of rotatable bonds is 1. The highest BCUT2D eigenvalue weighted by atomic mass is 15.2. The van der Waals surface area contributed by atoms with Crippen LogP contribution in [-0.2, 0) is 0 Å². The maximum absolute atomic E-state index is 3.47. The molecule has 2 heteroatoms. The van der Waals surface area contributed by atoms with Crippen molar-refractivity contribution in [2.24, 2.45) is 0 Å². The Morgan fingerprint density at radius 3 is 3.00 bits per heavy atom. The summed E-state index contributed by atoms with van der Waals surface area (Å²) < 4.78 is 0. The fourth-order valence-corrected chi connectivity index (χ4v) is 2.36. The van der Waals surface area contributed by atoms with Gasteiger partial charge in [0.25, 0.3) is 0 Å². The molecule has 0 atom stereocenters. The summed E-state index contributed by atoms with van der Waals surface area (Å²) >= 11 is 0. The van der Waals surface area contributed by atoms with Gasteiger partial charge in [-0.05, 0) is 31.4 Å². The first-order valence-corrected chi connectivity index (χ1v) is 5.46. The van der Waals surface area contributed by atoms with Crippen molar-refractivity contribution in [1.29, 1.82) is 0 Å². The molecule has 0 amide bonds. The third-order valence-corrected chi connectivity index (χ3v) is 3.18. The molecule has 14 heavy (non-hydrogen) atoms. The molecule has 0 unspecified atom stereocenters. The molecule has 74 valence electrons. The molecule has 1 heterocycles. The second-order valence-electron chi connectivity index (χ2n) is 4.32. The average molecular weight is 188 g/mol. The van der Waals surface area contributed by atoms with E-state index in [4.69, 9.17) is 0 Å². The molecule has 0 aromatic heterocycles. The van der Waals surface area contributed by atoms with Crippen LogP contribution in [0.25, 0.3) is 0 Å². The summed E-state index contributed by atoms with van der Waals surface area (Å²) in [6.45, 7) is 4.47. The Kier molecular flexibility index (Phi) is 1.69. The normalized spacial score (nSPS) is 20.2. The Morgan fingerprint density at radius 1 is 1.36 bits per heavy atom. The summed E-state index contributed by atoms with van der Waals surface area (Å²) in [5.74, 6) is 0. The van der Waals surface area contributed by atoms with Gasteiger partial charge in [0.05, 0.1) is 11.4 Å². The van der Waals surface area contributed by atoms with Crippen LogP contribution < -0.4 is 10.2 Å². The second-order valence-corrected chi connectivity index (χ2v) is 4.32. The van der Waals surface area contributed by atoms with E-state index in [9.17, 15) is 0 Å². The van der Waals surface area contributed by atoms with Crippen molar-refractivity contribution in [3.8, 4) is 0 Å². The Hall–Kier alpha value is -1.18. The van der Waals surface area contributed by atoms with Crippen LogP contribution in [0.2, 0.25) is 0 Å². The number of hydrogen-bond acceptors (Lipinski definition) is 2. The van der Waals surface area contributed by atoms with Gasteiger partial charge in [-0.3, -0.25) is 0 Å². The van der Waals surface area contributed by atoms with Gasteiger partial charge >= 0.3 is 0 Å². The molecular weight excluding hydrogens is 172 g/mol. The molecule has 0 radical (unpaired) electrons. The van der Waals surface area contributed by atoms with Gasteiger partial charge in [-0.15, -0.1) is 0 Å². The van der Waals surface area contributed by atoms with Crippen LogP contribution in [0.15, 0.2) is 18.2 Å². The molecule has 1 saturated carbocycles. The molecule has 3 rings (SSSR count). The van der Waals surface area contributed by atoms with Crippen molar-refractivity contribution >= 4 is 11.4 Å². The zero-order valence-corrected chi connectivity index (χ0v) is 8.59. The van der Waals surface area contributed by atoms with E-state index >= 15 is 0 Å². The maximum atomic E-state index is 3.47. The third-order valence-electron chi connectivity index (χ3n) is 3.18. The topological polar surface area (TPSA) is 15.3 Å². The van der Waals surface area contributed by atoms with Crippen LogP contribution in [0.4, 0.5) is 11.4 Å². The Balaban J connectivity index is 2.07. The first kappa shape index (κ1) is 8.16. The summed E-state index contributed by atoms with van der Waals surface area (Å²) in [7, 11) is 0. The number of hydrogen-bond donors (Lipinski definition) is 1. The highest BCUT2D eigenvalue weighted by molar-refractivity contribution is 5.76. The van der Waals surface area contributed by atoms with Crippen LogP contribution in [0.3, 0.4) is 0 Å². The number of nitrogens with one attached hydrogen (secondary N) is 1. The highest BCUT2D eigenvalue weighted by Crippen LogP contribution is 2.39. The maximum Gasteiger partial charge on any atom is 0.0634 e. The van der Waals surface area contributed by atoms with E-state index in [1.54, 1.807) is 0 Å². The molecule has 0 saturated heterocycles. The minimum absolute atomic E-state index is 0.831. The monoisotopic (exact) mass is 188 g/mol. The van der Waals surface area contributed by atoms with Gasteiger partial charge in [0, 0.05) is 19.1 Å². The van der Waals surface area contributed by atoms with E-state index in [1.165, 1.54) is 36.3 Å². The fraction of sp³-hybridized carbons (Fsp3) is 0.500. The smallest absolute Gasteiger partial charge is 0.0634 e. The molecule has 1 aliphatic heterocycles. The summed E-state index contributed by atoms with van der Waals surface area (Å²) in [4.78, 5) is 2.58. The van der Waals surface area contributed by atoms with Gasteiger partial charge in [0.2, 0.25) is 0 Å². The van der Waals surface area contributed by atoms with E-state index in [-0.39, 0.29) is 0 Å². The molecule has 2 nitrogen and oxygen atoms in total. The van der Waals surface area contributed by atoms with Gasteiger partial charge in [-0.25, -0.2) is 0 Å². The van der Waals surface area contributed by atoms with Crippen molar-refractivity contribution in [3.05, 3.63) is 23.8 Å². The largest absolute Gasteiger partial charge is 0.382 e. The molecule has 1 aliphatic carbocycles. The molecule has 0 spiro atoms. The van der Waals surface area contributed by atoms with Crippen LogP contribution >= 0.6 is 0 Å². The summed E-state index contributed by atoms with van der Waals surface area (Å²) in [5.41, 5.74) is 4.17. The third kappa shape index (κ3) is 1.17. The predicted molar refractivity (Wildman–Crippen MR) is 60.0 cm³/mol. The number of fused-ring (bicyclic) bond motifs is 1. The number of anilines is 2. The van der Waals surface area contributed by atoms with Gasteiger partial charge in [0.1, 0.15) is 0 Å². The minimum Gasteiger partial charge on any atom is -0.382 e. The molecule has 2 aliphatic rings. The van der Waals surface area contributed by atoms with E-state index < -0.39 is 0 Å². The molecule has 1 aromatic rings. The lowest BCUT2D eigenvalue weighted by Crippen LogP contribution is -2.36. The molecule has 1 N–H and O–H groups in total. The molecule has 0 bridgehead atoms. The average Bonchev–Trinajstić information content (AvgIpc) is 3.01. The summed E-state index contributed by atoms with van der Waals surface area (Å²) in [5, 5.41) is 3.47. The lowest BCUT2D eigenvalue weighted by atomic mass is 10.1. The lowest BCUT2D eigenvalue weighted by molar-refractivity contribution is 0.779. The Morgan fingerprint density at radius 2 is 2.21 bits per heavy atom. The zero-order valence-electron chi connectivity index (χ0n) is 8.59. The number of benzene rings is 1. The van der Waals surface area contributed by atoms with Crippen molar-refractivity contribution in [1.82, 2.24) is 0 Å². The van der Waals surface area contributed by atoms with Crippen LogP contribution in [-0.4, -0.2) is 19.1 Å².